The number of amides is 4. The molecule has 78 heavy (non-hydrogen) atoms. The summed E-state index contributed by atoms with van der Waals surface area (Å²) in [6, 6.07) is 11.6. The Morgan fingerprint density at radius 3 is 1.99 bits per heavy atom. The van der Waals surface area contributed by atoms with E-state index in [2.05, 4.69) is 36.7 Å². The van der Waals surface area contributed by atoms with Crippen LogP contribution in [0.2, 0.25) is 0 Å². The molecule has 0 saturated carbocycles. The van der Waals surface area contributed by atoms with Crippen LogP contribution in [0.5, 0.6) is 11.5 Å². The molecule has 1 aliphatic heterocycles. The molecule has 4 bridgehead atoms. The molecule has 0 spiro atoms. The molecular formula is C57H73N7O14. The fourth-order valence-corrected chi connectivity index (χ4v) is 8.92. The van der Waals surface area contributed by atoms with E-state index in [1.54, 1.807) is 55.4 Å². The van der Waals surface area contributed by atoms with Gasteiger partial charge in [0.15, 0.2) is 17.4 Å². The molecular weight excluding hydrogens is 1010 g/mol. The number of phenols is 1. The largest absolute Gasteiger partial charge is 0.502 e. The number of nitro benzene ring substituents is 1. The summed E-state index contributed by atoms with van der Waals surface area (Å²) in [5.74, 6) is -6.29. The Kier molecular flexibility index (Phi) is 19.5. The van der Waals surface area contributed by atoms with Gasteiger partial charge in [-0.25, -0.2) is 24.4 Å². The Morgan fingerprint density at radius 2 is 1.44 bits per heavy atom. The smallest absolute Gasteiger partial charge is 0.407 e. The molecule has 0 radical (unpaired) electrons. The molecule has 5 rings (SSSR count). The van der Waals surface area contributed by atoms with Crippen LogP contribution in [0.3, 0.4) is 0 Å². The number of carbonyl (C=O) groups is 7. The predicted molar refractivity (Wildman–Crippen MR) is 289 cm³/mol. The molecule has 2 heterocycles. The number of aromatic hydroxyl groups is 1. The lowest BCUT2D eigenvalue weighted by atomic mass is 9.86. The van der Waals surface area contributed by atoms with Gasteiger partial charge in [0.1, 0.15) is 35.6 Å². The molecule has 4 aromatic rings. The monoisotopic (exact) mass is 1080 g/mol. The summed E-state index contributed by atoms with van der Waals surface area (Å²) in [5, 5.41) is 32.1. The number of fused-ring (bicyclic) bond motifs is 5. The van der Waals surface area contributed by atoms with Gasteiger partial charge in [0.2, 0.25) is 17.6 Å². The number of carbonyl (C=O) groups excluding carboxylic acids is 7. The van der Waals surface area contributed by atoms with Gasteiger partial charge in [-0.05, 0) is 102 Å². The minimum Gasteiger partial charge on any atom is -0.502 e. The number of methoxy groups -OCH3 is 1. The van der Waals surface area contributed by atoms with Gasteiger partial charge in [-0.1, -0.05) is 58.0 Å². The number of ketones is 2. The van der Waals surface area contributed by atoms with E-state index in [-0.39, 0.29) is 71.5 Å². The zero-order chi connectivity index (χ0) is 58.2. The summed E-state index contributed by atoms with van der Waals surface area (Å²) in [6.45, 7) is 20.8. The number of phenolic OH excluding ortho intramolecular Hbond substituents is 1. The summed E-state index contributed by atoms with van der Waals surface area (Å²) >= 11 is 0. The Bertz CT molecular complexity index is 2910. The lowest BCUT2D eigenvalue weighted by Crippen LogP contribution is -2.46. The highest BCUT2D eigenvalue weighted by Crippen LogP contribution is 2.44. The number of nitrogens with one attached hydrogen (secondary N) is 3. The molecule has 21 nitrogen and oxygen atoms in total. The topological polar surface area (TPSA) is 285 Å². The maximum atomic E-state index is 15.3. The third kappa shape index (κ3) is 16.0. The molecule has 1 aliphatic rings. The van der Waals surface area contributed by atoms with Crippen molar-refractivity contribution in [1.29, 1.82) is 0 Å². The Balaban J connectivity index is 1.64. The molecule has 4 atom stereocenters. The lowest BCUT2D eigenvalue weighted by molar-refractivity contribution is -0.385. The van der Waals surface area contributed by atoms with Crippen molar-refractivity contribution in [2.75, 3.05) is 33.9 Å². The fourth-order valence-electron chi connectivity index (χ4n) is 8.92. The van der Waals surface area contributed by atoms with Crippen molar-refractivity contribution >= 4 is 47.2 Å². The van der Waals surface area contributed by atoms with Crippen LogP contribution in [0.4, 0.5) is 15.3 Å². The first kappa shape index (κ1) is 60.9. The second kappa shape index (κ2) is 25.0. The number of likely N-dealkylation sites (N-methyl/N-ethyl adjacent to an activating group) is 1. The van der Waals surface area contributed by atoms with Crippen LogP contribution < -0.4 is 20.7 Å². The first-order valence-electron chi connectivity index (χ1n) is 25.7. The first-order chi connectivity index (χ1) is 36.3. The highest BCUT2D eigenvalue weighted by Gasteiger charge is 2.38. The number of esters is 1. The van der Waals surface area contributed by atoms with Crippen molar-refractivity contribution in [2.24, 2.45) is 11.8 Å². The Hall–Kier alpha value is -7.97. The minimum absolute atomic E-state index is 0.00228. The lowest BCUT2D eigenvalue weighted by Gasteiger charge is -2.32. The van der Waals surface area contributed by atoms with E-state index in [9.17, 15) is 44.0 Å². The SMILES string of the molecule is COC(=O)[C@@H]1Cc2cc(c(O)c([N+](=O)[O-])c2)-c2cc(ccc2OCCNC(=O)OC(C)(C)C)[C@H](N(C)C(=O)[C@H](CCNC(=O)OC(C)(C)C)CC(=O)c2c(C)nc(-c3ccc(C(C)(C)C)cc3)nc2C)C(=O)C[C@@H](C)C(=O)N1. The maximum Gasteiger partial charge on any atom is 0.407 e. The third-order valence-electron chi connectivity index (χ3n) is 12.7. The van der Waals surface area contributed by atoms with Crippen LogP contribution in [0.1, 0.15) is 133 Å². The van der Waals surface area contributed by atoms with E-state index < -0.39 is 106 Å². The van der Waals surface area contributed by atoms with E-state index in [4.69, 9.17) is 28.9 Å². The Morgan fingerprint density at radius 1 is 0.846 bits per heavy atom. The van der Waals surface area contributed by atoms with Gasteiger partial charge in [-0.3, -0.25) is 29.3 Å². The van der Waals surface area contributed by atoms with Crippen LogP contribution >= 0.6 is 0 Å². The van der Waals surface area contributed by atoms with Gasteiger partial charge in [0, 0.05) is 67.4 Å². The first-order valence-corrected chi connectivity index (χ1v) is 25.7. The van der Waals surface area contributed by atoms with Crippen molar-refractivity contribution in [3.63, 3.8) is 0 Å². The number of nitrogens with zero attached hydrogens (tertiary/aromatic N) is 4. The molecule has 21 heteroatoms. The number of aromatic nitrogens is 2. The van der Waals surface area contributed by atoms with Gasteiger partial charge in [-0.15, -0.1) is 0 Å². The molecule has 0 fully saturated rings. The number of rotatable bonds is 15. The quantitative estimate of drug-likeness (QED) is 0.0217. The van der Waals surface area contributed by atoms with Crippen LogP contribution in [-0.2, 0) is 45.2 Å². The summed E-state index contributed by atoms with van der Waals surface area (Å²) in [5.41, 5.74) is 0.277. The number of hydrogen-bond donors (Lipinski definition) is 4. The molecule has 420 valence electrons. The summed E-state index contributed by atoms with van der Waals surface area (Å²) < 4.78 is 21.9. The summed E-state index contributed by atoms with van der Waals surface area (Å²) in [7, 11) is 2.44. The molecule has 0 saturated heterocycles. The number of alkyl carbamates (subject to hydrolysis) is 2. The van der Waals surface area contributed by atoms with Crippen molar-refractivity contribution in [2.45, 2.75) is 137 Å². The number of hydrogen-bond acceptors (Lipinski definition) is 16. The van der Waals surface area contributed by atoms with Crippen molar-refractivity contribution in [1.82, 2.24) is 30.8 Å². The molecule has 4 N–H and O–H groups in total. The van der Waals surface area contributed by atoms with Gasteiger partial charge >= 0.3 is 23.8 Å². The number of Topliss-reactive ketones (excluding diaryl/α,β-unsaturated/α-hetero) is 2. The average molecular weight is 1080 g/mol. The normalized spacial score (nSPS) is 16.4. The molecule has 0 aliphatic carbocycles. The van der Waals surface area contributed by atoms with Gasteiger partial charge < -0.3 is 44.9 Å². The molecule has 3 aromatic carbocycles. The highest BCUT2D eigenvalue weighted by molar-refractivity contribution is 6.01. The van der Waals surface area contributed by atoms with Crippen molar-refractivity contribution in [3.8, 4) is 34.0 Å². The van der Waals surface area contributed by atoms with Crippen LogP contribution in [0.15, 0.2) is 54.6 Å². The second-order valence-electron chi connectivity index (χ2n) is 22.5. The van der Waals surface area contributed by atoms with Crippen LogP contribution in [-0.4, -0.2) is 118 Å². The van der Waals surface area contributed by atoms with Gasteiger partial charge in [-0.2, -0.15) is 0 Å². The number of ether oxygens (including phenoxy) is 4. The van der Waals surface area contributed by atoms with Crippen molar-refractivity contribution in [3.05, 3.63) is 98.4 Å². The van der Waals surface area contributed by atoms with E-state index in [1.165, 1.54) is 38.2 Å². The van der Waals surface area contributed by atoms with E-state index in [1.807, 2.05) is 24.3 Å². The van der Waals surface area contributed by atoms with Crippen LogP contribution in [0, 0.1) is 35.8 Å². The standard InChI is InChI=1S/C57H73N7O14/c1-31-25-44(66)47(63(13)51(69)37(21-22-58-53(71)77-56(7,8)9)30-43(65)46-32(2)60-49(61-33(46)3)35-15-18-38(19-16-35)55(4,5)6)36-17-20-45(76-24-23-59-54(72)78-57(10,11)12)39(29-36)40-26-34(28-42(48(40)67)64(73)74)27-41(52(70)75-14)62-50(31)68/h15-20,26,28-29,31,37,41,47,67H,21-25,27,30H2,1-14H3,(H,58,71)(H,59,72)(H,62,68)/t31-,37-,41+,47+/m1/s1. The van der Waals surface area contributed by atoms with Gasteiger partial charge in [0.05, 0.1) is 35.5 Å². The predicted octanol–water partition coefficient (Wildman–Crippen LogP) is 8.35. The van der Waals surface area contributed by atoms with Crippen LogP contribution in [0.25, 0.3) is 22.5 Å². The second-order valence-corrected chi connectivity index (χ2v) is 22.5. The van der Waals surface area contributed by atoms with E-state index >= 15 is 4.79 Å². The number of aryl methyl sites for hydroxylation is 2. The zero-order valence-electron chi connectivity index (χ0n) is 47.0. The van der Waals surface area contributed by atoms with Gasteiger partial charge in [0.25, 0.3) is 0 Å². The van der Waals surface area contributed by atoms with Crippen molar-refractivity contribution < 1.29 is 62.5 Å². The zero-order valence-corrected chi connectivity index (χ0v) is 47.0. The number of benzene rings is 3. The summed E-state index contributed by atoms with van der Waals surface area (Å²) in [4.78, 5) is 120. The van der Waals surface area contributed by atoms with E-state index in [0.29, 0.717) is 17.2 Å². The average Bonchev–Trinajstić information content (AvgIpc) is 3.33. The minimum atomic E-state index is -1.54. The number of nitro groups is 1. The maximum absolute atomic E-state index is 15.3. The summed E-state index contributed by atoms with van der Waals surface area (Å²) in [6.07, 6.45) is -2.89. The van der Waals surface area contributed by atoms with E-state index in [0.717, 1.165) is 29.2 Å². The third-order valence-corrected chi connectivity index (χ3v) is 12.7. The molecule has 1 aromatic heterocycles. The fraction of sp³-hybridized carbons (Fsp3) is 0.491. The highest BCUT2D eigenvalue weighted by atomic mass is 16.6. The molecule has 4 amide bonds. The molecule has 0 unspecified atom stereocenters. The Labute approximate surface area is 454 Å².